The summed E-state index contributed by atoms with van der Waals surface area (Å²) >= 11 is 0. The molecular weight excluding hydrogens is 338 g/mol. The van der Waals surface area contributed by atoms with Gasteiger partial charge in [0.2, 0.25) is 0 Å². The molecule has 0 rings (SSSR count). The SMILES string of the molecule is [CH3-].[CH3-].[Lr].[NH-]CC[NH-]. The fourth-order valence-electron chi connectivity index (χ4n) is 0. The van der Waals surface area contributed by atoms with Gasteiger partial charge in [-0.3, -0.25) is 0 Å². The van der Waals surface area contributed by atoms with Gasteiger partial charge in [0.25, 0.3) is 0 Å². The monoisotopic (exact) mass is 350 g/mol. The van der Waals surface area contributed by atoms with Crippen LogP contribution in [-0.2, 0) is 0 Å². The van der Waals surface area contributed by atoms with Crippen LogP contribution in [-0.4, -0.2) is 13.1 Å². The molecule has 0 atom stereocenters. The zero-order valence-electron chi connectivity index (χ0n) is 4.67. The van der Waals surface area contributed by atoms with Gasteiger partial charge in [-0.15, -0.1) is 0 Å². The largest absolute Gasteiger partial charge is 0.679 e. The maximum atomic E-state index is 6.26. The molecule has 0 spiro atoms. The molecule has 0 aliphatic rings. The van der Waals surface area contributed by atoms with Gasteiger partial charge in [-0.05, 0) is 0 Å². The average Bonchev–Trinajstić information content (AvgIpc) is 1.37. The Bertz CT molecular complexity index is 11.7. The van der Waals surface area contributed by atoms with Crippen LogP contribution in [0.15, 0.2) is 0 Å². The molecule has 0 amide bonds. The van der Waals surface area contributed by atoms with E-state index in [0.717, 1.165) is 0 Å². The molecular formula is C4H12LrN2-4. The second-order valence-electron chi connectivity index (χ2n) is 0.500. The number of nitrogens with one attached hydrogen (secondary N) is 2. The standard InChI is InChI=1S/C2H6N2.2CH3.Lr/c3-1-2-4;;;/h3-4H,1-2H2;2*1H3;/q-2;2*-1;. The third-order valence-corrected chi connectivity index (χ3v) is 0.125. The molecule has 0 fully saturated rings. The molecule has 0 aromatic heterocycles. The second-order valence-corrected chi connectivity index (χ2v) is 0.500. The van der Waals surface area contributed by atoms with E-state index < -0.39 is 0 Å². The van der Waals surface area contributed by atoms with Crippen molar-refractivity contribution >= 4 is 0 Å². The van der Waals surface area contributed by atoms with E-state index in [1.165, 1.54) is 0 Å². The van der Waals surface area contributed by atoms with Crippen LogP contribution in [0.3, 0.4) is 0 Å². The molecule has 2 N–H and O–H groups in total. The minimum atomic E-state index is 0. The predicted molar refractivity (Wildman–Crippen MR) is 31.2 cm³/mol. The summed E-state index contributed by atoms with van der Waals surface area (Å²) in [4.78, 5) is 0. The van der Waals surface area contributed by atoms with Crippen LogP contribution < -0.4 is 0 Å². The van der Waals surface area contributed by atoms with Crippen molar-refractivity contribution in [2.24, 2.45) is 0 Å². The van der Waals surface area contributed by atoms with Gasteiger partial charge in [-0.2, -0.15) is 13.1 Å². The molecule has 0 aromatic rings. The molecule has 0 bridgehead atoms. The molecule has 3 heteroatoms. The Balaban J connectivity index is -0.0000000150. The van der Waals surface area contributed by atoms with E-state index in [2.05, 4.69) is 0 Å². The first-order valence-corrected chi connectivity index (χ1v) is 1.21. The van der Waals surface area contributed by atoms with Gasteiger partial charge in [0.1, 0.15) is 0 Å². The summed E-state index contributed by atoms with van der Waals surface area (Å²) in [7, 11) is 0. The van der Waals surface area contributed by atoms with Gasteiger partial charge >= 0.3 is 0 Å². The minimum Gasteiger partial charge on any atom is -0.679 e. The van der Waals surface area contributed by atoms with Crippen LogP contribution in [0.25, 0.3) is 11.5 Å². The molecule has 0 unspecified atom stereocenters. The van der Waals surface area contributed by atoms with Crippen molar-refractivity contribution in [3.63, 3.8) is 0 Å². The Morgan fingerprint density at radius 3 is 1.00 bits per heavy atom. The molecule has 0 saturated carbocycles. The molecule has 57 valence electrons. The minimum absolute atomic E-state index is 0. The van der Waals surface area contributed by atoms with Crippen molar-refractivity contribution in [3.8, 4) is 0 Å². The van der Waals surface area contributed by atoms with Crippen molar-refractivity contribution in [2.75, 3.05) is 13.1 Å². The van der Waals surface area contributed by atoms with E-state index in [4.69, 9.17) is 11.5 Å². The van der Waals surface area contributed by atoms with E-state index in [1.54, 1.807) is 0 Å². The van der Waals surface area contributed by atoms with Gasteiger partial charge in [0.15, 0.2) is 0 Å². The molecule has 0 aromatic carbocycles. The first-order valence-electron chi connectivity index (χ1n) is 1.21. The molecule has 0 saturated heterocycles. The fraction of sp³-hybridized carbons (Fsp3) is 0.500. The van der Waals surface area contributed by atoms with Crippen LogP contribution in [0.2, 0.25) is 0 Å². The first-order chi connectivity index (χ1) is 1.91. The van der Waals surface area contributed by atoms with E-state index in [9.17, 15) is 0 Å². The van der Waals surface area contributed by atoms with Crippen molar-refractivity contribution in [2.45, 2.75) is 0 Å². The third-order valence-electron chi connectivity index (χ3n) is 0.125. The Labute approximate surface area is 40.5 Å². The van der Waals surface area contributed by atoms with E-state index in [0.29, 0.717) is 0 Å². The molecule has 0 aliphatic heterocycles. The number of rotatable bonds is 1. The summed E-state index contributed by atoms with van der Waals surface area (Å²) in [6, 6.07) is 0. The Kier molecular flexibility index (Phi) is 496. The quantitative estimate of drug-likeness (QED) is 0.650. The fourth-order valence-corrected chi connectivity index (χ4v) is 0. The van der Waals surface area contributed by atoms with Crippen molar-refractivity contribution < 1.29 is 0 Å². The maximum absolute atomic E-state index is 6.26. The van der Waals surface area contributed by atoms with E-state index >= 15 is 0 Å². The summed E-state index contributed by atoms with van der Waals surface area (Å²) in [6.45, 7) is 0.472. The van der Waals surface area contributed by atoms with Crippen LogP contribution in [0.4, 0.5) is 0 Å². The summed E-state index contributed by atoms with van der Waals surface area (Å²) in [5.74, 6) is 0. The van der Waals surface area contributed by atoms with Crippen LogP contribution in [0.5, 0.6) is 0 Å². The zero-order chi connectivity index (χ0) is 3.41. The molecule has 7 heavy (non-hydrogen) atoms. The van der Waals surface area contributed by atoms with Gasteiger partial charge in [-0.1, -0.05) is 0 Å². The van der Waals surface area contributed by atoms with Gasteiger partial charge < -0.3 is 26.3 Å². The topological polar surface area (TPSA) is 47.6 Å². The first kappa shape index (κ1) is 38.9. The Morgan fingerprint density at radius 2 is 1.00 bits per heavy atom. The Morgan fingerprint density at radius 1 is 0.857 bits per heavy atom. The normalized spacial score (nSPS) is 4.29. The van der Waals surface area contributed by atoms with Crippen LogP contribution >= 0.6 is 0 Å². The van der Waals surface area contributed by atoms with Gasteiger partial charge in [0, 0.05) is 0 Å². The van der Waals surface area contributed by atoms with Gasteiger partial charge in [-0.25, -0.2) is 0 Å². The van der Waals surface area contributed by atoms with Crippen LogP contribution in [0, 0.1) is 14.9 Å². The zero-order valence-corrected chi connectivity index (χ0v) is 6.82. The Hall–Kier alpha value is -1.08. The molecule has 1 radical (unpaired) electrons. The van der Waals surface area contributed by atoms with Crippen molar-refractivity contribution in [1.29, 1.82) is 0 Å². The van der Waals surface area contributed by atoms with E-state index in [1.807, 2.05) is 0 Å². The molecule has 0 aliphatic carbocycles. The smallest absolute Gasteiger partial charge is 0 e. The summed E-state index contributed by atoms with van der Waals surface area (Å²) < 4.78 is 0. The third kappa shape index (κ3) is 6550. The summed E-state index contributed by atoms with van der Waals surface area (Å²) in [5, 5.41) is 0. The van der Waals surface area contributed by atoms with Gasteiger partial charge in [0.05, 0.1) is 0 Å². The molecule has 0 heterocycles. The second kappa shape index (κ2) is 89.3. The van der Waals surface area contributed by atoms with Crippen molar-refractivity contribution in [1.82, 2.24) is 0 Å². The number of hydrogen-bond donors (Lipinski definition) is 0. The molecule has 2 nitrogen and oxygen atoms in total. The van der Waals surface area contributed by atoms with Crippen molar-refractivity contribution in [3.05, 3.63) is 26.3 Å². The summed E-state index contributed by atoms with van der Waals surface area (Å²) in [5.41, 5.74) is 12.5. The maximum Gasteiger partial charge on any atom is 0 e. The van der Waals surface area contributed by atoms with E-state index in [-0.39, 0.29) is 27.9 Å². The number of hydrogen-bond acceptors (Lipinski definition) is 0. The average molecular weight is 350 g/mol. The van der Waals surface area contributed by atoms with Crippen LogP contribution in [0.1, 0.15) is 0 Å². The predicted octanol–water partition coefficient (Wildman–Crippen LogP) is 1.99. The summed E-state index contributed by atoms with van der Waals surface area (Å²) in [6.07, 6.45) is 0.